The largest absolute Gasteiger partial charge is 0.371 e. The van der Waals surface area contributed by atoms with Crippen LogP contribution in [0.4, 0.5) is 5.69 Å². The molecule has 150 valence electrons. The molecule has 1 N–H and O–H groups in total. The number of nitrogens with one attached hydrogen (secondary N) is 1. The van der Waals surface area contributed by atoms with Crippen molar-refractivity contribution in [2.45, 2.75) is 30.2 Å². The van der Waals surface area contributed by atoms with Gasteiger partial charge < -0.3 is 10.2 Å². The SMILES string of the molecule is CN(CCC(=O)NC1CCN(c2ccncc2)CC1)Sc1cccc(Cl)c1Cl. The number of carbonyl (C=O) groups is 1. The number of benzene rings is 1. The summed E-state index contributed by atoms with van der Waals surface area (Å²) in [5.74, 6) is 0.0898. The van der Waals surface area contributed by atoms with E-state index in [1.54, 1.807) is 6.07 Å². The number of hydrogen-bond donors (Lipinski definition) is 1. The Bertz CT molecular complexity index is 785. The molecule has 2 aromatic rings. The summed E-state index contributed by atoms with van der Waals surface area (Å²) in [4.78, 5) is 19.6. The summed E-state index contributed by atoms with van der Waals surface area (Å²) in [5, 5.41) is 4.26. The average Bonchev–Trinajstić information content (AvgIpc) is 2.71. The predicted molar refractivity (Wildman–Crippen MR) is 117 cm³/mol. The van der Waals surface area contributed by atoms with Gasteiger partial charge in [0.1, 0.15) is 0 Å². The number of carbonyl (C=O) groups excluding carboxylic acids is 1. The molecule has 1 aromatic carbocycles. The van der Waals surface area contributed by atoms with E-state index < -0.39 is 0 Å². The van der Waals surface area contributed by atoms with Crippen LogP contribution in [-0.2, 0) is 4.79 Å². The molecule has 1 amide bonds. The Morgan fingerprint density at radius 3 is 2.68 bits per heavy atom. The summed E-state index contributed by atoms with van der Waals surface area (Å²) < 4.78 is 2.00. The van der Waals surface area contributed by atoms with Crippen molar-refractivity contribution in [2.24, 2.45) is 0 Å². The van der Waals surface area contributed by atoms with Crippen molar-refractivity contribution in [3.8, 4) is 0 Å². The van der Waals surface area contributed by atoms with Gasteiger partial charge in [-0.15, -0.1) is 0 Å². The summed E-state index contributed by atoms with van der Waals surface area (Å²) in [6.07, 6.45) is 5.99. The van der Waals surface area contributed by atoms with Crippen molar-refractivity contribution in [1.82, 2.24) is 14.6 Å². The van der Waals surface area contributed by atoms with Crippen LogP contribution in [-0.4, -0.2) is 47.9 Å². The standard InChI is InChI=1S/C20H24Cl2N4OS/c1-25(28-18-4-2-3-17(21)20(18)22)12-9-19(27)24-15-7-13-26(14-8-15)16-5-10-23-11-6-16/h2-6,10-11,15H,7-9,12-14H2,1H3,(H,24,27). The Morgan fingerprint density at radius 1 is 1.25 bits per heavy atom. The number of aromatic nitrogens is 1. The summed E-state index contributed by atoms with van der Waals surface area (Å²) in [6.45, 7) is 2.52. The first-order valence-electron chi connectivity index (χ1n) is 9.30. The molecule has 0 bridgehead atoms. The molecular weight excluding hydrogens is 415 g/mol. The van der Waals surface area contributed by atoms with Crippen LogP contribution in [0, 0.1) is 0 Å². The lowest BCUT2D eigenvalue weighted by atomic mass is 10.0. The van der Waals surface area contributed by atoms with E-state index in [1.807, 2.05) is 48.0 Å². The van der Waals surface area contributed by atoms with Crippen LogP contribution in [0.1, 0.15) is 19.3 Å². The van der Waals surface area contributed by atoms with Gasteiger partial charge in [-0.25, -0.2) is 4.31 Å². The number of halogens is 2. The van der Waals surface area contributed by atoms with E-state index in [2.05, 4.69) is 15.2 Å². The molecule has 3 rings (SSSR count). The second kappa shape index (κ2) is 10.3. The molecule has 0 unspecified atom stereocenters. The normalized spacial score (nSPS) is 15.1. The Morgan fingerprint density at radius 2 is 1.96 bits per heavy atom. The topological polar surface area (TPSA) is 48.5 Å². The third kappa shape index (κ3) is 6.01. The molecule has 1 aromatic heterocycles. The van der Waals surface area contributed by atoms with Gasteiger partial charge in [0.2, 0.25) is 5.91 Å². The fourth-order valence-corrected chi connectivity index (χ4v) is 4.47. The van der Waals surface area contributed by atoms with Crippen molar-refractivity contribution < 1.29 is 4.79 Å². The van der Waals surface area contributed by atoms with E-state index in [-0.39, 0.29) is 11.9 Å². The maximum Gasteiger partial charge on any atom is 0.221 e. The first-order valence-corrected chi connectivity index (χ1v) is 10.8. The number of anilines is 1. The first kappa shape index (κ1) is 21.2. The highest BCUT2D eigenvalue weighted by Crippen LogP contribution is 2.34. The average molecular weight is 439 g/mol. The van der Waals surface area contributed by atoms with Crippen molar-refractivity contribution >= 4 is 46.7 Å². The molecule has 0 aliphatic carbocycles. The van der Waals surface area contributed by atoms with Crippen molar-refractivity contribution in [3.63, 3.8) is 0 Å². The van der Waals surface area contributed by atoms with Gasteiger partial charge in [-0.05, 0) is 56.1 Å². The molecule has 0 atom stereocenters. The van der Waals surface area contributed by atoms with Crippen LogP contribution in [0.5, 0.6) is 0 Å². The minimum Gasteiger partial charge on any atom is -0.371 e. The van der Waals surface area contributed by atoms with Gasteiger partial charge in [-0.3, -0.25) is 9.78 Å². The highest BCUT2D eigenvalue weighted by molar-refractivity contribution is 7.97. The second-order valence-electron chi connectivity index (χ2n) is 6.78. The fraction of sp³-hybridized carbons (Fsp3) is 0.400. The first-order chi connectivity index (χ1) is 13.5. The fourth-order valence-electron chi connectivity index (χ4n) is 3.16. The maximum atomic E-state index is 12.3. The third-order valence-corrected chi connectivity index (χ3v) is 6.67. The van der Waals surface area contributed by atoms with Crippen molar-refractivity contribution in [3.05, 3.63) is 52.8 Å². The lowest BCUT2D eigenvalue weighted by Crippen LogP contribution is -2.45. The Labute approximate surface area is 180 Å². The highest BCUT2D eigenvalue weighted by atomic mass is 35.5. The Kier molecular flexibility index (Phi) is 7.85. The van der Waals surface area contributed by atoms with Crippen LogP contribution in [0.3, 0.4) is 0 Å². The van der Waals surface area contributed by atoms with E-state index in [9.17, 15) is 4.79 Å². The number of nitrogens with zero attached hydrogens (tertiary/aromatic N) is 3. The minimum atomic E-state index is 0.0898. The Balaban J connectivity index is 1.38. The summed E-state index contributed by atoms with van der Waals surface area (Å²) in [6, 6.07) is 9.85. The van der Waals surface area contributed by atoms with Crippen LogP contribution in [0.15, 0.2) is 47.6 Å². The van der Waals surface area contributed by atoms with E-state index in [1.165, 1.54) is 17.6 Å². The smallest absolute Gasteiger partial charge is 0.221 e. The molecule has 8 heteroatoms. The number of piperidine rings is 1. The monoisotopic (exact) mass is 438 g/mol. The van der Waals surface area contributed by atoms with Gasteiger partial charge in [-0.1, -0.05) is 29.3 Å². The Hall–Kier alpha value is -1.47. The lowest BCUT2D eigenvalue weighted by Gasteiger charge is -2.34. The molecule has 2 heterocycles. The zero-order chi connectivity index (χ0) is 19.9. The van der Waals surface area contributed by atoms with Crippen molar-refractivity contribution in [2.75, 3.05) is 31.6 Å². The number of rotatable bonds is 7. The molecule has 28 heavy (non-hydrogen) atoms. The third-order valence-electron chi connectivity index (χ3n) is 4.71. The van der Waals surface area contributed by atoms with Gasteiger partial charge in [0.05, 0.1) is 10.0 Å². The summed E-state index contributed by atoms with van der Waals surface area (Å²) in [5.41, 5.74) is 1.19. The second-order valence-corrected chi connectivity index (χ2v) is 8.81. The molecule has 1 fully saturated rings. The molecular formula is C20H24Cl2N4OS. The van der Waals surface area contributed by atoms with Crippen molar-refractivity contribution in [1.29, 1.82) is 0 Å². The van der Waals surface area contributed by atoms with Gasteiger partial charge in [0.25, 0.3) is 0 Å². The molecule has 1 aliphatic heterocycles. The number of amides is 1. The van der Waals surface area contributed by atoms with Gasteiger partial charge in [-0.2, -0.15) is 0 Å². The maximum absolute atomic E-state index is 12.3. The van der Waals surface area contributed by atoms with E-state index >= 15 is 0 Å². The predicted octanol–water partition coefficient (Wildman–Crippen LogP) is 4.50. The summed E-state index contributed by atoms with van der Waals surface area (Å²) in [7, 11) is 1.95. The molecule has 5 nitrogen and oxygen atoms in total. The van der Waals surface area contributed by atoms with Gasteiger partial charge >= 0.3 is 0 Å². The molecule has 1 saturated heterocycles. The van der Waals surface area contributed by atoms with Crippen LogP contribution in [0.2, 0.25) is 10.0 Å². The van der Waals surface area contributed by atoms with Crippen LogP contribution >= 0.6 is 35.1 Å². The van der Waals surface area contributed by atoms with E-state index in [0.29, 0.717) is 23.0 Å². The van der Waals surface area contributed by atoms with Gasteiger partial charge in [0, 0.05) is 55.1 Å². The van der Waals surface area contributed by atoms with Gasteiger partial charge in [0.15, 0.2) is 0 Å². The zero-order valence-corrected chi connectivity index (χ0v) is 18.1. The molecule has 0 radical (unpaired) electrons. The quantitative estimate of drug-likeness (QED) is 0.644. The van der Waals surface area contributed by atoms with E-state index in [0.717, 1.165) is 30.8 Å². The lowest BCUT2D eigenvalue weighted by molar-refractivity contribution is -0.122. The highest BCUT2D eigenvalue weighted by Gasteiger charge is 2.21. The molecule has 0 saturated carbocycles. The summed E-state index contributed by atoms with van der Waals surface area (Å²) >= 11 is 13.8. The molecule has 0 spiro atoms. The minimum absolute atomic E-state index is 0.0898. The zero-order valence-electron chi connectivity index (χ0n) is 15.8. The molecule has 1 aliphatic rings. The van der Waals surface area contributed by atoms with E-state index in [4.69, 9.17) is 23.2 Å². The van der Waals surface area contributed by atoms with Crippen LogP contribution in [0.25, 0.3) is 0 Å². The van der Waals surface area contributed by atoms with Crippen LogP contribution < -0.4 is 10.2 Å². The number of pyridine rings is 1. The number of hydrogen-bond acceptors (Lipinski definition) is 5.